The summed E-state index contributed by atoms with van der Waals surface area (Å²) >= 11 is 4.71. The number of anilines is 1. The summed E-state index contributed by atoms with van der Waals surface area (Å²) in [6.45, 7) is 1.96. The highest BCUT2D eigenvalue weighted by Crippen LogP contribution is 2.42. The van der Waals surface area contributed by atoms with Gasteiger partial charge in [-0.2, -0.15) is 5.26 Å². The van der Waals surface area contributed by atoms with E-state index in [1.54, 1.807) is 0 Å². The average molecular weight is 456 g/mol. The van der Waals surface area contributed by atoms with E-state index in [9.17, 15) is 14.9 Å². The Morgan fingerprint density at radius 3 is 2.61 bits per heavy atom. The number of likely N-dealkylation sites (N-methyl/N-ethyl adjacent to an activating group) is 1. The van der Waals surface area contributed by atoms with Crippen LogP contribution in [0.2, 0.25) is 0 Å². The van der Waals surface area contributed by atoms with E-state index in [4.69, 9.17) is 0 Å². The van der Waals surface area contributed by atoms with Crippen molar-refractivity contribution >= 4 is 45.2 Å². The minimum absolute atomic E-state index is 0.0573. The maximum Gasteiger partial charge on any atom is 0.264 e. The molecule has 1 N–H and O–H groups in total. The summed E-state index contributed by atoms with van der Waals surface area (Å²) in [6.07, 6.45) is 0.501. The number of carbonyl (C=O) groups excluding carboxylic acids is 2. The molecule has 1 aliphatic rings. The summed E-state index contributed by atoms with van der Waals surface area (Å²) < 4.78 is 0.940. The van der Waals surface area contributed by atoms with Crippen molar-refractivity contribution in [2.45, 2.75) is 18.6 Å². The number of rotatable bonds is 4. The van der Waals surface area contributed by atoms with Crippen molar-refractivity contribution in [1.29, 1.82) is 5.26 Å². The number of amides is 2. The maximum atomic E-state index is 13.2. The molecule has 2 aromatic rings. The first-order valence-corrected chi connectivity index (χ1v) is 10.3. The van der Waals surface area contributed by atoms with Crippen LogP contribution in [0.5, 0.6) is 0 Å². The van der Waals surface area contributed by atoms with Gasteiger partial charge in [0.15, 0.2) is 0 Å². The zero-order valence-corrected chi connectivity index (χ0v) is 17.8. The van der Waals surface area contributed by atoms with Crippen molar-refractivity contribution in [2.24, 2.45) is 0 Å². The van der Waals surface area contributed by atoms with E-state index in [1.807, 2.05) is 61.5 Å². The fourth-order valence-electron chi connectivity index (χ4n) is 2.92. The quantitative estimate of drug-likeness (QED) is 0.559. The molecule has 1 saturated heterocycles. The van der Waals surface area contributed by atoms with Crippen LogP contribution in [0.4, 0.5) is 5.69 Å². The molecular weight excluding hydrogens is 438 g/mol. The SMILES string of the molecule is CNC(=O)/C(C#N)=C1\SC(Cc2cccc(Br)c2)C(=O)N1c1ccc(C)cc1. The van der Waals surface area contributed by atoms with Gasteiger partial charge in [0.2, 0.25) is 5.91 Å². The van der Waals surface area contributed by atoms with E-state index >= 15 is 0 Å². The average Bonchev–Trinajstić information content (AvgIpc) is 2.99. The Labute approximate surface area is 176 Å². The normalized spacial score (nSPS) is 18.0. The summed E-state index contributed by atoms with van der Waals surface area (Å²) in [5.74, 6) is -0.640. The van der Waals surface area contributed by atoms with Gasteiger partial charge in [0.05, 0.1) is 5.25 Å². The van der Waals surface area contributed by atoms with Gasteiger partial charge >= 0.3 is 0 Å². The maximum absolute atomic E-state index is 13.2. The molecule has 3 rings (SSSR count). The first kappa shape index (κ1) is 20.2. The van der Waals surface area contributed by atoms with Crippen LogP contribution in [0.1, 0.15) is 11.1 Å². The van der Waals surface area contributed by atoms with E-state index < -0.39 is 11.2 Å². The Morgan fingerprint density at radius 1 is 1.29 bits per heavy atom. The van der Waals surface area contributed by atoms with Crippen molar-refractivity contribution in [3.63, 3.8) is 0 Å². The van der Waals surface area contributed by atoms with Gasteiger partial charge in [-0.3, -0.25) is 14.5 Å². The van der Waals surface area contributed by atoms with Gasteiger partial charge in [0.1, 0.15) is 16.7 Å². The molecule has 1 atom stereocenters. The number of hydrogen-bond acceptors (Lipinski definition) is 4. The highest BCUT2D eigenvalue weighted by molar-refractivity contribution is 9.10. The predicted octanol–water partition coefficient (Wildman–Crippen LogP) is 3.93. The number of nitriles is 1. The van der Waals surface area contributed by atoms with Crippen LogP contribution in [0.25, 0.3) is 0 Å². The Hall–Kier alpha value is -2.56. The lowest BCUT2D eigenvalue weighted by atomic mass is 10.1. The highest BCUT2D eigenvalue weighted by Gasteiger charge is 2.40. The lowest BCUT2D eigenvalue weighted by Gasteiger charge is -2.18. The lowest BCUT2D eigenvalue weighted by Crippen LogP contribution is -2.31. The summed E-state index contributed by atoms with van der Waals surface area (Å²) in [7, 11) is 1.47. The van der Waals surface area contributed by atoms with E-state index in [0.29, 0.717) is 17.1 Å². The molecule has 1 fully saturated rings. The van der Waals surface area contributed by atoms with E-state index in [1.165, 1.54) is 23.7 Å². The molecule has 142 valence electrons. The largest absolute Gasteiger partial charge is 0.354 e. The second-order valence-corrected chi connectivity index (χ2v) is 8.43. The minimum atomic E-state index is -0.502. The van der Waals surface area contributed by atoms with Crippen molar-refractivity contribution in [1.82, 2.24) is 5.32 Å². The minimum Gasteiger partial charge on any atom is -0.354 e. The van der Waals surface area contributed by atoms with Crippen molar-refractivity contribution < 1.29 is 9.59 Å². The second kappa shape index (κ2) is 8.63. The highest BCUT2D eigenvalue weighted by atomic mass is 79.9. The first-order valence-electron chi connectivity index (χ1n) is 8.62. The summed E-state index contributed by atoms with van der Waals surface area (Å²) in [4.78, 5) is 27.0. The van der Waals surface area contributed by atoms with Gasteiger partial charge in [0, 0.05) is 17.2 Å². The van der Waals surface area contributed by atoms with Crippen LogP contribution < -0.4 is 10.2 Å². The van der Waals surface area contributed by atoms with Gasteiger partial charge in [-0.05, 0) is 43.2 Å². The number of carbonyl (C=O) groups is 2. The number of aryl methyl sites for hydroxylation is 1. The Morgan fingerprint density at radius 2 is 2.00 bits per heavy atom. The summed E-state index contributed by atoms with van der Waals surface area (Å²) in [5, 5.41) is 12.0. The summed E-state index contributed by atoms with van der Waals surface area (Å²) in [5.41, 5.74) is 2.65. The van der Waals surface area contributed by atoms with E-state index in [2.05, 4.69) is 21.2 Å². The van der Waals surface area contributed by atoms with Crippen molar-refractivity contribution in [3.8, 4) is 6.07 Å². The Balaban J connectivity index is 2.04. The smallest absolute Gasteiger partial charge is 0.264 e. The van der Waals surface area contributed by atoms with Crippen LogP contribution in [0.15, 0.2) is 63.6 Å². The molecule has 2 aromatic carbocycles. The van der Waals surface area contributed by atoms with E-state index in [0.717, 1.165) is 15.6 Å². The predicted molar refractivity (Wildman–Crippen MR) is 115 cm³/mol. The van der Waals surface area contributed by atoms with Gasteiger partial charge < -0.3 is 5.32 Å². The molecule has 5 nitrogen and oxygen atoms in total. The Kier molecular flexibility index (Phi) is 6.22. The number of benzene rings is 2. The molecule has 0 spiro atoms. The summed E-state index contributed by atoms with van der Waals surface area (Å²) in [6, 6.07) is 17.2. The monoisotopic (exact) mass is 455 g/mol. The van der Waals surface area contributed by atoms with Crippen LogP contribution in [-0.2, 0) is 16.0 Å². The van der Waals surface area contributed by atoms with Gasteiger partial charge in [0.25, 0.3) is 5.91 Å². The molecule has 28 heavy (non-hydrogen) atoms. The molecule has 0 aromatic heterocycles. The first-order chi connectivity index (χ1) is 13.4. The van der Waals surface area contributed by atoms with Crippen LogP contribution in [0.3, 0.4) is 0 Å². The number of nitrogens with one attached hydrogen (secondary N) is 1. The van der Waals surface area contributed by atoms with Gasteiger partial charge in [-0.15, -0.1) is 0 Å². The second-order valence-electron chi connectivity index (χ2n) is 6.32. The molecule has 1 aliphatic heterocycles. The molecule has 2 amide bonds. The zero-order valence-electron chi connectivity index (χ0n) is 15.4. The third-order valence-corrected chi connectivity index (χ3v) is 6.09. The topological polar surface area (TPSA) is 73.2 Å². The van der Waals surface area contributed by atoms with E-state index in [-0.39, 0.29) is 11.5 Å². The lowest BCUT2D eigenvalue weighted by molar-refractivity contribution is -0.117. The standard InChI is InChI=1S/C21H18BrN3O2S/c1-13-6-8-16(9-7-13)25-20(27)18(11-14-4-3-5-15(22)10-14)28-21(25)17(12-23)19(26)24-2/h3-10,18H,11H2,1-2H3,(H,24,26)/b21-17-. The van der Waals surface area contributed by atoms with Crippen molar-refractivity contribution in [2.75, 3.05) is 11.9 Å². The third kappa shape index (κ3) is 4.13. The molecule has 7 heteroatoms. The van der Waals surface area contributed by atoms with Gasteiger partial charge in [-0.25, -0.2) is 0 Å². The zero-order chi connectivity index (χ0) is 20.3. The van der Waals surface area contributed by atoms with Gasteiger partial charge in [-0.1, -0.05) is 57.5 Å². The molecule has 0 aliphatic carbocycles. The molecule has 1 heterocycles. The molecule has 1 unspecified atom stereocenters. The van der Waals surface area contributed by atoms with Crippen molar-refractivity contribution in [3.05, 3.63) is 74.7 Å². The van der Waals surface area contributed by atoms with Crippen LogP contribution in [-0.4, -0.2) is 24.1 Å². The number of nitrogens with zero attached hydrogens (tertiary/aromatic N) is 2. The number of halogens is 1. The number of thioether (sulfide) groups is 1. The molecule has 0 bridgehead atoms. The van der Waals surface area contributed by atoms with Crippen LogP contribution >= 0.6 is 27.7 Å². The fourth-order valence-corrected chi connectivity index (χ4v) is 4.67. The van der Waals surface area contributed by atoms with Crippen LogP contribution in [0, 0.1) is 18.3 Å². The molecule has 0 radical (unpaired) electrons. The Bertz CT molecular complexity index is 995. The third-order valence-electron chi connectivity index (χ3n) is 4.33. The fraction of sp³-hybridized carbons (Fsp3) is 0.190. The molecular formula is C21H18BrN3O2S. The number of hydrogen-bond donors (Lipinski definition) is 1. The molecule has 0 saturated carbocycles.